The van der Waals surface area contributed by atoms with Crippen molar-refractivity contribution in [1.82, 2.24) is 0 Å². The average molecular weight is 319 g/mol. The number of nitrogens with zero attached hydrogens (tertiary/aromatic N) is 1. The van der Waals surface area contributed by atoms with Gasteiger partial charge in [0.1, 0.15) is 10.9 Å². The molecule has 0 aliphatic rings. The zero-order valence-corrected chi connectivity index (χ0v) is 13.6. The van der Waals surface area contributed by atoms with Crippen LogP contribution in [-0.4, -0.2) is 11.5 Å². The molecule has 2 N–H and O–H groups in total. The summed E-state index contributed by atoms with van der Waals surface area (Å²) < 4.78 is 5.73. The number of hydrogen-bond acceptors (Lipinski definition) is 4. The van der Waals surface area contributed by atoms with Crippen molar-refractivity contribution in [2.24, 2.45) is 4.99 Å². The predicted molar refractivity (Wildman–Crippen MR) is 86.3 cm³/mol. The summed E-state index contributed by atoms with van der Waals surface area (Å²) in [5.41, 5.74) is 8.47. The molecule has 0 bridgehead atoms. The number of halogens is 2. The number of rotatable bonds is 2. The molecule has 3 nitrogen and oxygen atoms in total. The van der Waals surface area contributed by atoms with Crippen molar-refractivity contribution in [1.29, 1.82) is 0 Å². The topological polar surface area (TPSA) is 47.6 Å². The van der Waals surface area contributed by atoms with E-state index in [1.165, 1.54) is 11.8 Å². The van der Waals surface area contributed by atoms with Gasteiger partial charge in [0.15, 0.2) is 0 Å². The Labute approximate surface area is 127 Å². The number of hydrogen-bond donors (Lipinski definition) is 1. The summed E-state index contributed by atoms with van der Waals surface area (Å²) in [6, 6.07) is 3.74. The monoisotopic (exact) mass is 318 g/mol. The van der Waals surface area contributed by atoms with E-state index in [4.69, 9.17) is 33.7 Å². The molecule has 1 rings (SSSR count). The SMILES string of the molecule is CSC(=N/C(Cl)=C(\C)Cl)Oc1cc(C)c(N)cc1C. The van der Waals surface area contributed by atoms with Crippen LogP contribution in [0.15, 0.2) is 27.3 Å². The fourth-order valence-corrected chi connectivity index (χ4v) is 1.81. The van der Waals surface area contributed by atoms with Crippen LogP contribution in [0.3, 0.4) is 0 Å². The number of aliphatic imine (C=N–C) groups is 1. The normalized spacial score (nSPS) is 13.3. The van der Waals surface area contributed by atoms with Gasteiger partial charge in [0.05, 0.1) is 5.03 Å². The quantitative estimate of drug-likeness (QED) is 0.373. The van der Waals surface area contributed by atoms with Crippen molar-refractivity contribution in [2.75, 3.05) is 12.0 Å². The Balaban J connectivity index is 3.07. The fraction of sp³-hybridized carbons (Fsp3) is 0.308. The minimum atomic E-state index is 0.218. The van der Waals surface area contributed by atoms with Crippen LogP contribution in [0, 0.1) is 13.8 Å². The smallest absolute Gasteiger partial charge is 0.257 e. The van der Waals surface area contributed by atoms with E-state index in [9.17, 15) is 0 Å². The summed E-state index contributed by atoms with van der Waals surface area (Å²) in [5.74, 6) is 0.705. The van der Waals surface area contributed by atoms with E-state index >= 15 is 0 Å². The number of nitrogens with two attached hydrogens (primary N) is 1. The molecule has 1 aromatic rings. The molecule has 0 atom stereocenters. The van der Waals surface area contributed by atoms with Gasteiger partial charge < -0.3 is 10.5 Å². The molecular weight excluding hydrogens is 303 g/mol. The van der Waals surface area contributed by atoms with Crippen molar-refractivity contribution in [3.63, 3.8) is 0 Å². The Morgan fingerprint density at radius 1 is 1.26 bits per heavy atom. The van der Waals surface area contributed by atoms with Crippen LogP contribution in [0.25, 0.3) is 0 Å². The number of thioether (sulfide) groups is 1. The molecular formula is C13H16Cl2N2OS. The maximum absolute atomic E-state index is 5.90. The summed E-state index contributed by atoms with van der Waals surface area (Å²) in [6.07, 6.45) is 1.85. The summed E-state index contributed by atoms with van der Waals surface area (Å²) in [6.45, 7) is 5.52. The molecule has 1 aromatic carbocycles. The first-order valence-electron chi connectivity index (χ1n) is 5.54. The van der Waals surface area contributed by atoms with Gasteiger partial charge in [0.25, 0.3) is 5.23 Å². The number of nitrogen functional groups attached to an aromatic ring is 1. The first-order chi connectivity index (χ1) is 8.85. The average Bonchev–Trinajstić information content (AvgIpc) is 2.34. The van der Waals surface area contributed by atoms with Gasteiger partial charge in [-0.25, -0.2) is 0 Å². The van der Waals surface area contributed by atoms with Crippen LogP contribution in [0.4, 0.5) is 5.69 Å². The molecule has 0 spiro atoms. The third-order valence-electron chi connectivity index (χ3n) is 2.41. The van der Waals surface area contributed by atoms with Gasteiger partial charge in [-0.15, -0.1) is 0 Å². The van der Waals surface area contributed by atoms with Gasteiger partial charge in [-0.2, -0.15) is 4.99 Å². The van der Waals surface area contributed by atoms with Crippen molar-refractivity contribution < 1.29 is 4.74 Å². The fourth-order valence-electron chi connectivity index (χ4n) is 1.28. The number of anilines is 1. The van der Waals surface area contributed by atoms with E-state index in [1.54, 1.807) is 6.92 Å². The minimum Gasteiger partial charge on any atom is -0.433 e. The molecule has 0 fully saturated rings. The Kier molecular flexibility index (Phi) is 6.04. The van der Waals surface area contributed by atoms with Crippen LogP contribution in [0.2, 0.25) is 0 Å². The van der Waals surface area contributed by atoms with Crippen LogP contribution in [-0.2, 0) is 0 Å². The second-order valence-corrected chi connectivity index (χ2v) is 5.66. The first kappa shape index (κ1) is 16.2. The van der Waals surface area contributed by atoms with Crippen molar-refractivity contribution in [2.45, 2.75) is 20.8 Å². The van der Waals surface area contributed by atoms with Gasteiger partial charge in [-0.3, -0.25) is 0 Å². The predicted octanol–water partition coefficient (Wildman–Crippen LogP) is 4.65. The van der Waals surface area contributed by atoms with E-state index in [-0.39, 0.29) is 5.16 Å². The largest absolute Gasteiger partial charge is 0.433 e. The number of benzene rings is 1. The third kappa shape index (κ3) is 4.64. The summed E-state index contributed by atoms with van der Waals surface area (Å²) in [7, 11) is 0. The second kappa shape index (κ2) is 7.08. The van der Waals surface area contributed by atoms with Crippen LogP contribution in [0.5, 0.6) is 5.75 Å². The lowest BCUT2D eigenvalue weighted by molar-refractivity contribution is 0.561. The van der Waals surface area contributed by atoms with Crippen molar-refractivity contribution in [3.8, 4) is 5.75 Å². The standard InChI is InChI=1S/C13H16Cl2N2OS/c1-7-6-11(8(2)5-10(7)16)18-13(19-4)17-12(15)9(3)14/h5-6H,16H2,1-4H3/b12-9+,17-13?. The summed E-state index contributed by atoms with van der Waals surface area (Å²) in [4.78, 5) is 4.12. The lowest BCUT2D eigenvalue weighted by Gasteiger charge is -2.11. The lowest BCUT2D eigenvalue weighted by Crippen LogP contribution is -2.05. The molecule has 19 heavy (non-hydrogen) atoms. The summed E-state index contributed by atoms with van der Waals surface area (Å²) >= 11 is 13.0. The van der Waals surface area contributed by atoms with Gasteiger partial charge in [0, 0.05) is 5.69 Å². The van der Waals surface area contributed by atoms with E-state index in [2.05, 4.69) is 4.99 Å². The second-order valence-electron chi connectivity index (χ2n) is 3.98. The molecule has 0 heterocycles. The molecule has 0 aromatic heterocycles. The Hall–Kier alpha value is -0.840. The number of allylic oxidation sites excluding steroid dienone is 1. The van der Waals surface area contributed by atoms with E-state index < -0.39 is 0 Å². The van der Waals surface area contributed by atoms with Crippen LogP contribution < -0.4 is 10.5 Å². The van der Waals surface area contributed by atoms with Gasteiger partial charge in [-0.05, 0) is 50.3 Å². The van der Waals surface area contributed by atoms with Crippen molar-refractivity contribution in [3.05, 3.63) is 33.4 Å². The maximum atomic E-state index is 5.90. The highest BCUT2D eigenvalue weighted by atomic mass is 35.5. The zero-order chi connectivity index (χ0) is 14.6. The Bertz CT molecular complexity index is 538. The highest BCUT2D eigenvalue weighted by molar-refractivity contribution is 8.13. The molecule has 0 saturated heterocycles. The first-order valence-corrected chi connectivity index (χ1v) is 7.52. The zero-order valence-electron chi connectivity index (χ0n) is 11.3. The number of aryl methyl sites for hydroxylation is 2. The van der Waals surface area contributed by atoms with Gasteiger partial charge in [-0.1, -0.05) is 35.0 Å². The molecule has 0 radical (unpaired) electrons. The summed E-state index contributed by atoms with van der Waals surface area (Å²) in [5, 5.41) is 1.06. The van der Waals surface area contributed by atoms with Crippen molar-refractivity contribution >= 4 is 45.9 Å². The molecule has 104 valence electrons. The molecule has 6 heteroatoms. The maximum Gasteiger partial charge on any atom is 0.257 e. The molecule has 0 amide bonds. The highest BCUT2D eigenvalue weighted by Gasteiger charge is 2.08. The molecule has 0 saturated carbocycles. The Morgan fingerprint density at radius 3 is 2.42 bits per heavy atom. The number of ether oxygens (including phenoxy) is 1. The Morgan fingerprint density at radius 2 is 1.89 bits per heavy atom. The lowest BCUT2D eigenvalue weighted by atomic mass is 10.1. The third-order valence-corrected chi connectivity index (χ3v) is 3.58. The molecule has 0 aliphatic heterocycles. The van der Waals surface area contributed by atoms with Crippen LogP contribution >= 0.6 is 35.0 Å². The molecule has 0 unspecified atom stereocenters. The van der Waals surface area contributed by atoms with Gasteiger partial charge >= 0.3 is 0 Å². The van der Waals surface area contributed by atoms with E-state index in [1.807, 2.05) is 32.2 Å². The molecule has 0 aliphatic carbocycles. The minimum absolute atomic E-state index is 0.218. The van der Waals surface area contributed by atoms with Crippen LogP contribution in [0.1, 0.15) is 18.1 Å². The van der Waals surface area contributed by atoms with E-state index in [0.717, 1.165) is 16.8 Å². The van der Waals surface area contributed by atoms with E-state index in [0.29, 0.717) is 16.0 Å². The van der Waals surface area contributed by atoms with Gasteiger partial charge in [0.2, 0.25) is 0 Å². The highest BCUT2D eigenvalue weighted by Crippen LogP contribution is 2.26.